The molecule has 21 heteroatoms. The van der Waals surface area contributed by atoms with Crippen LogP contribution in [0.2, 0.25) is 0 Å². The van der Waals surface area contributed by atoms with Crippen LogP contribution in [0.1, 0.15) is 97.0 Å². The molecule has 2 heterocycles. The summed E-state index contributed by atoms with van der Waals surface area (Å²) in [6, 6.07) is 13.5. The number of carbonyl (C=O) groups excluding carboxylic acids is 6. The fraction of sp³-hybridized carbons (Fsp3) is 0.592. The number of ether oxygens (including phenoxy) is 3. The Morgan fingerprint density at radius 3 is 1.93 bits per heavy atom. The zero-order valence-corrected chi connectivity index (χ0v) is 42.5. The van der Waals surface area contributed by atoms with Crippen molar-refractivity contribution in [3.8, 4) is 0 Å². The van der Waals surface area contributed by atoms with Gasteiger partial charge in [-0.15, -0.1) is 5.10 Å². The Balaban J connectivity index is 1.58. The maximum atomic E-state index is 14.6. The molecule has 1 aliphatic rings. The molecule has 4 rings (SSSR count). The van der Waals surface area contributed by atoms with Gasteiger partial charge in [0.25, 0.3) is 10.1 Å². The van der Waals surface area contributed by atoms with Crippen molar-refractivity contribution in [2.75, 3.05) is 45.7 Å². The fourth-order valence-electron chi connectivity index (χ4n) is 7.58. The Morgan fingerprint density at radius 1 is 0.771 bits per heavy atom. The quantitative estimate of drug-likeness (QED) is 0.0601. The van der Waals surface area contributed by atoms with E-state index in [-0.39, 0.29) is 62.6 Å². The number of nitrogens with zero attached hydrogens (tertiary/aromatic N) is 4. The number of carbonyl (C=O) groups is 6. The van der Waals surface area contributed by atoms with E-state index >= 15 is 0 Å². The first-order valence-electron chi connectivity index (χ1n) is 23.9. The lowest BCUT2D eigenvalue weighted by molar-refractivity contribution is -0.146. The van der Waals surface area contributed by atoms with Gasteiger partial charge in [0.1, 0.15) is 37.0 Å². The van der Waals surface area contributed by atoms with Crippen molar-refractivity contribution >= 4 is 45.7 Å². The van der Waals surface area contributed by atoms with E-state index < -0.39 is 76.2 Å². The number of hydrogen-bond acceptors (Lipinski definition) is 15. The minimum atomic E-state index is -4.18. The number of benzene rings is 2. The SMILES string of the molecule is CCC(C)n1cc(COC(=O)OC(C)(COS(C)(=O)=O)C(=O)[C@H](CC(C)C)NC(=O)[C@H](Cc2ccccc2)NC(=O)[C@H](CC(C)C)NC(=O)[C@H](CCc2ccccc2)NC(=O)CN2CCOCC2)nn1. The average Bonchev–Trinajstić information content (AvgIpc) is 3.80. The van der Waals surface area contributed by atoms with Gasteiger partial charge in [0.05, 0.1) is 44.3 Å². The van der Waals surface area contributed by atoms with Crippen molar-refractivity contribution in [3.63, 3.8) is 0 Å². The van der Waals surface area contributed by atoms with Gasteiger partial charge in [0, 0.05) is 19.5 Å². The lowest BCUT2D eigenvalue weighted by Crippen LogP contribution is -2.60. The summed E-state index contributed by atoms with van der Waals surface area (Å²) in [5.74, 6) is -3.68. The number of hydrogen-bond donors (Lipinski definition) is 4. The molecule has 70 heavy (non-hydrogen) atoms. The molecule has 3 aromatic rings. The van der Waals surface area contributed by atoms with Gasteiger partial charge in [-0.3, -0.25) is 33.1 Å². The minimum Gasteiger partial charge on any atom is -0.428 e. The second-order valence-electron chi connectivity index (χ2n) is 18.8. The van der Waals surface area contributed by atoms with Gasteiger partial charge in [0.15, 0.2) is 5.60 Å². The van der Waals surface area contributed by atoms with Crippen LogP contribution < -0.4 is 21.3 Å². The summed E-state index contributed by atoms with van der Waals surface area (Å²) in [6.07, 6.45) is 2.61. The standard InChI is InChI=1S/C49H72N8O12S/c1-9-35(6)57-29-38(54-55-57)31-67-48(63)69-49(7,32-68-70(8,64)65)44(59)40(26-33(2)3)51-47(62)42(28-37-18-14-11-15-19-37)53-46(61)41(27-34(4)5)52-45(60)39(21-20-36-16-12-10-13-17-36)50-43(58)30-56-22-24-66-25-23-56/h10-19,29,33-35,39-42H,9,20-28,30-32H2,1-8H3,(H,50,58)(H,51,62)(H,52,60)(H,53,61)/t35?,39-,40-,41-,42-,49?/m0/s1. The second kappa shape index (κ2) is 27.6. The maximum absolute atomic E-state index is 14.6. The number of nitrogens with one attached hydrogen (secondary N) is 4. The molecule has 386 valence electrons. The molecule has 0 spiro atoms. The van der Waals surface area contributed by atoms with Crippen LogP contribution in [-0.4, -0.2) is 139 Å². The number of aromatic nitrogens is 3. The molecule has 6 atom stereocenters. The normalized spacial score (nSPS) is 16.2. The van der Waals surface area contributed by atoms with Gasteiger partial charge in [-0.25, -0.2) is 9.48 Å². The summed E-state index contributed by atoms with van der Waals surface area (Å²) < 4.78 is 47.3. The molecule has 0 radical (unpaired) electrons. The lowest BCUT2D eigenvalue weighted by atomic mass is 9.90. The predicted molar refractivity (Wildman–Crippen MR) is 259 cm³/mol. The summed E-state index contributed by atoms with van der Waals surface area (Å²) in [4.78, 5) is 86.3. The van der Waals surface area contributed by atoms with Crippen LogP contribution in [0.5, 0.6) is 0 Å². The number of ketones is 1. The van der Waals surface area contributed by atoms with E-state index in [4.69, 9.17) is 18.4 Å². The molecule has 1 aromatic heterocycles. The van der Waals surface area contributed by atoms with Gasteiger partial charge < -0.3 is 35.5 Å². The van der Waals surface area contributed by atoms with Crippen molar-refractivity contribution in [3.05, 3.63) is 83.7 Å². The van der Waals surface area contributed by atoms with Gasteiger partial charge in [0.2, 0.25) is 29.4 Å². The summed E-state index contributed by atoms with van der Waals surface area (Å²) >= 11 is 0. The van der Waals surface area contributed by atoms with E-state index in [1.807, 2.05) is 62.9 Å². The summed E-state index contributed by atoms with van der Waals surface area (Å²) in [5.41, 5.74) is -0.416. The maximum Gasteiger partial charge on any atom is 0.509 e. The smallest absolute Gasteiger partial charge is 0.428 e. The van der Waals surface area contributed by atoms with E-state index in [0.717, 1.165) is 25.2 Å². The van der Waals surface area contributed by atoms with E-state index in [1.54, 1.807) is 55.1 Å². The van der Waals surface area contributed by atoms with Crippen molar-refractivity contribution in [2.24, 2.45) is 11.8 Å². The first-order chi connectivity index (χ1) is 33.1. The fourth-order valence-corrected chi connectivity index (χ4v) is 8.01. The topological polar surface area (TPSA) is 256 Å². The van der Waals surface area contributed by atoms with E-state index in [0.29, 0.717) is 44.0 Å². The molecule has 1 aliphatic heterocycles. The Bertz CT molecular complexity index is 2270. The third-order valence-electron chi connectivity index (χ3n) is 11.6. The van der Waals surface area contributed by atoms with Crippen molar-refractivity contribution < 1.29 is 55.6 Å². The molecule has 1 saturated heterocycles. The highest BCUT2D eigenvalue weighted by molar-refractivity contribution is 7.86. The Morgan fingerprint density at radius 2 is 1.33 bits per heavy atom. The highest BCUT2D eigenvalue weighted by Crippen LogP contribution is 2.22. The zero-order chi connectivity index (χ0) is 51.4. The molecular weight excluding hydrogens is 925 g/mol. The number of morpholine rings is 1. The first kappa shape index (κ1) is 56.8. The molecule has 4 amide bonds. The van der Waals surface area contributed by atoms with Crippen molar-refractivity contribution in [2.45, 2.75) is 129 Å². The molecule has 1 fully saturated rings. The predicted octanol–water partition coefficient (Wildman–Crippen LogP) is 3.45. The number of Topliss-reactive ketones (excluding diaryl/α,β-unsaturated/α-hetero) is 1. The number of rotatable bonds is 28. The van der Waals surface area contributed by atoms with Gasteiger partial charge in [-0.05, 0) is 68.9 Å². The molecule has 4 N–H and O–H groups in total. The van der Waals surface area contributed by atoms with Gasteiger partial charge >= 0.3 is 6.16 Å². The highest BCUT2D eigenvalue weighted by atomic mass is 32.2. The third kappa shape index (κ3) is 19.6. The van der Waals surface area contributed by atoms with Crippen LogP contribution in [0.4, 0.5) is 4.79 Å². The van der Waals surface area contributed by atoms with Crippen LogP contribution in [0.3, 0.4) is 0 Å². The van der Waals surface area contributed by atoms with Crippen LogP contribution in [0, 0.1) is 11.8 Å². The van der Waals surface area contributed by atoms with Gasteiger partial charge in [-0.1, -0.05) is 100 Å². The molecule has 0 saturated carbocycles. The summed E-state index contributed by atoms with van der Waals surface area (Å²) in [7, 11) is -4.18. The molecule has 2 aromatic carbocycles. The number of aryl methyl sites for hydroxylation is 1. The highest BCUT2D eigenvalue weighted by Gasteiger charge is 2.45. The Hall–Kier alpha value is -5.77. The monoisotopic (exact) mass is 996 g/mol. The molecular formula is C49H72N8O12S. The summed E-state index contributed by atoms with van der Waals surface area (Å²) in [6.45, 7) is 13.2. The molecule has 2 unspecified atom stereocenters. The lowest BCUT2D eigenvalue weighted by Gasteiger charge is -2.32. The third-order valence-corrected chi connectivity index (χ3v) is 12.1. The van der Waals surface area contributed by atoms with E-state index in [1.165, 1.54) is 0 Å². The minimum absolute atomic E-state index is 0.00414. The van der Waals surface area contributed by atoms with Crippen LogP contribution in [-0.2, 0) is 71.9 Å². The average molecular weight is 997 g/mol. The van der Waals surface area contributed by atoms with Crippen LogP contribution >= 0.6 is 0 Å². The first-order valence-corrected chi connectivity index (χ1v) is 25.7. The second-order valence-corrected chi connectivity index (χ2v) is 20.5. The molecule has 0 aliphatic carbocycles. The van der Waals surface area contributed by atoms with Crippen molar-refractivity contribution in [1.82, 2.24) is 41.2 Å². The molecule has 0 bridgehead atoms. The van der Waals surface area contributed by atoms with Crippen molar-refractivity contribution in [1.29, 1.82) is 0 Å². The molecule has 20 nitrogen and oxygen atoms in total. The van der Waals surface area contributed by atoms with E-state index in [2.05, 4.69) is 31.6 Å². The Labute approximate surface area is 411 Å². The Kier molecular flexibility index (Phi) is 22.4. The van der Waals surface area contributed by atoms with E-state index in [9.17, 15) is 37.2 Å². The zero-order valence-electron chi connectivity index (χ0n) is 41.7. The van der Waals surface area contributed by atoms with Crippen LogP contribution in [0.25, 0.3) is 0 Å². The summed E-state index contributed by atoms with van der Waals surface area (Å²) in [5, 5.41) is 19.3. The van der Waals surface area contributed by atoms with Gasteiger partial charge in [-0.2, -0.15) is 8.42 Å². The number of amides is 4. The van der Waals surface area contributed by atoms with Crippen LogP contribution in [0.15, 0.2) is 66.9 Å². The largest absolute Gasteiger partial charge is 0.509 e.